The number of benzene rings is 1. The van der Waals surface area contributed by atoms with Gasteiger partial charge in [0.1, 0.15) is 5.82 Å². The molecular weight excluding hydrogens is 364 g/mol. The number of halogens is 1. The lowest BCUT2D eigenvalue weighted by Gasteiger charge is -2.12. The van der Waals surface area contributed by atoms with Gasteiger partial charge in [-0.1, -0.05) is 15.9 Å². The van der Waals surface area contributed by atoms with Crippen molar-refractivity contribution in [1.82, 2.24) is 14.7 Å². The molecule has 0 aliphatic carbocycles. The summed E-state index contributed by atoms with van der Waals surface area (Å²) < 4.78 is 27.5. The number of aromatic nitrogens is 2. The van der Waals surface area contributed by atoms with Gasteiger partial charge in [0.2, 0.25) is 10.0 Å². The van der Waals surface area contributed by atoms with Gasteiger partial charge >= 0.3 is 0 Å². The van der Waals surface area contributed by atoms with Crippen molar-refractivity contribution >= 4 is 31.6 Å². The first-order valence-corrected chi connectivity index (χ1v) is 8.04. The van der Waals surface area contributed by atoms with Gasteiger partial charge in [-0.25, -0.2) is 18.1 Å². The van der Waals surface area contributed by atoms with Gasteiger partial charge in [0.25, 0.3) is 5.69 Å². The predicted octanol–water partition coefficient (Wildman–Crippen LogP) is 2.12. The molecule has 2 rings (SSSR count). The highest BCUT2D eigenvalue weighted by Gasteiger charge is 2.28. The molecule has 0 spiro atoms. The second-order valence-corrected chi connectivity index (χ2v) is 6.78. The molecule has 1 atom stereocenters. The summed E-state index contributed by atoms with van der Waals surface area (Å²) in [5.74, 6) is 0.413. The fraction of sp³-hybridized carbons (Fsp3) is 0.182. The lowest BCUT2D eigenvalue weighted by Crippen LogP contribution is -2.28. The second-order valence-electron chi connectivity index (χ2n) is 4.19. The second kappa shape index (κ2) is 5.92. The number of imidazole rings is 1. The minimum Gasteiger partial charge on any atom is -0.347 e. The SMILES string of the molecule is CC(NS(=O)(=O)c1cc(Br)ccc1[N+](=O)[O-])c1ncc[nH]1. The standard InChI is InChI=1S/C11H11BrN4O4S/c1-7(11-13-4-5-14-11)15-21(19,20)10-6-8(12)2-3-9(10)16(17)18/h2-7,15H,1H3,(H,13,14). The summed E-state index contributed by atoms with van der Waals surface area (Å²) in [6.45, 7) is 1.58. The molecule has 2 N–H and O–H groups in total. The van der Waals surface area contributed by atoms with Gasteiger partial charge in [-0.3, -0.25) is 10.1 Å². The molecular formula is C11H11BrN4O4S. The zero-order chi connectivity index (χ0) is 15.6. The molecule has 0 saturated heterocycles. The largest absolute Gasteiger partial charge is 0.347 e. The van der Waals surface area contributed by atoms with Gasteiger partial charge < -0.3 is 4.98 Å². The number of sulfonamides is 1. The predicted molar refractivity (Wildman–Crippen MR) is 78.1 cm³/mol. The molecule has 1 aromatic heterocycles. The van der Waals surface area contributed by atoms with E-state index in [9.17, 15) is 18.5 Å². The van der Waals surface area contributed by atoms with Gasteiger partial charge in [0.15, 0.2) is 4.90 Å². The summed E-state index contributed by atoms with van der Waals surface area (Å²) in [6, 6.07) is 3.09. The van der Waals surface area contributed by atoms with Crippen LogP contribution in [0.4, 0.5) is 5.69 Å². The first-order valence-electron chi connectivity index (χ1n) is 5.77. The quantitative estimate of drug-likeness (QED) is 0.613. The molecule has 0 fully saturated rings. The van der Waals surface area contributed by atoms with Crippen molar-refractivity contribution in [3.8, 4) is 0 Å². The fourth-order valence-electron chi connectivity index (χ4n) is 1.72. The van der Waals surface area contributed by atoms with E-state index in [0.29, 0.717) is 10.3 Å². The van der Waals surface area contributed by atoms with Crippen LogP contribution in [0.25, 0.3) is 0 Å². The summed E-state index contributed by atoms with van der Waals surface area (Å²) in [6.07, 6.45) is 3.05. The molecule has 0 bridgehead atoms. The molecule has 112 valence electrons. The van der Waals surface area contributed by atoms with Gasteiger partial charge in [0.05, 0.1) is 11.0 Å². The molecule has 0 amide bonds. The lowest BCUT2D eigenvalue weighted by molar-refractivity contribution is -0.387. The van der Waals surface area contributed by atoms with Crippen molar-refractivity contribution in [2.24, 2.45) is 0 Å². The Kier molecular flexibility index (Phi) is 4.40. The van der Waals surface area contributed by atoms with Crippen LogP contribution in [0.15, 0.2) is 40.0 Å². The van der Waals surface area contributed by atoms with Crippen molar-refractivity contribution in [2.45, 2.75) is 17.9 Å². The molecule has 10 heteroatoms. The Labute approximate surface area is 128 Å². The number of aromatic amines is 1. The van der Waals surface area contributed by atoms with Crippen molar-refractivity contribution in [3.05, 3.63) is 51.0 Å². The Bertz CT molecular complexity index is 761. The van der Waals surface area contributed by atoms with Gasteiger partial charge in [0, 0.05) is 22.9 Å². The van der Waals surface area contributed by atoms with Crippen LogP contribution in [0.3, 0.4) is 0 Å². The Morgan fingerprint density at radius 1 is 1.48 bits per heavy atom. The average molecular weight is 375 g/mol. The van der Waals surface area contributed by atoms with Crippen LogP contribution < -0.4 is 4.72 Å². The van der Waals surface area contributed by atoms with E-state index in [0.717, 1.165) is 6.07 Å². The van der Waals surface area contributed by atoms with E-state index >= 15 is 0 Å². The van der Waals surface area contributed by atoms with Crippen molar-refractivity contribution < 1.29 is 13.3 Å². The average Bonchev–Trinajstić information content (AvgIpc) is 2.91. The summed E-state index contributed by atoms with van der Waals surface area (Å²) in [5, 5.41) is 11.0. The Balaban J connectivity index is 2.40. The Hall–Kier alpha value is -1.78. The fourth-order valence-corrected chi connectivity index (χ4v) is 3.64. The Morgan fingerprint density at radius 2 is 2.19 bits per heavy atom. The molecule has 2 aromatic rings. The molecule has 8 nitrogen and oxygen atoms in total. The molecule has 0 aliphatic rings. The normalized spacial score (nSPS) is 13.0. The third kappa shape index (κ3) is 3.46. The van der Waals surface area contributed by atoms with Crippen molar-refractivity contribution in [1.29, 1.82) is 0 Å². The molecule has 1 aromatic carbocycles. The van der Waals surface area contributed by atoms with E-state index in [4.69, 9.17) is 0 Å². The number of nitro benzene ring substituents is 1. The zero-order valence-corrected chi connectivity index (χ0v) is 13.2. The summed E-state index contributed by atoms with van der Waals surface area (Å²) >= 11 is 3.11. The van der Waals surface area contributed by atoms with Crippen LogP contribution in [0.2, 0.25) is 0 Å². The van der Waals surface area contributed by atoms with Crippen molar-refractivity contribution in [2.75, 3.05) is 0 Å². The molecule has 1 unspecified atom stereocenters. The van der Waals surface area contributed by atoms with Gasteiger partial charge in [-0.05, 0) is 19.1 Å². The number of rotatable bonds is 5. The van der Waals surface area contributed by atoms with Crippen LogP contribution in [0.1, 0.15) is 18.8 Å². The maximum Gasteiger partial charge on any atom is 0.289 e. The summed E-state index contributed by atoms with van der Waals surface area (Å²) in [5.41, 5.74) is -0.489. The minimum atomic E-state index is -4.07. The number of nitro groups is 1. The molecule has 1 heterocycles. The molecule has 0 aliphatic heterocycles. The highest BCUT2D eigenvalue weighted by atomic mass is 79.9. The van der Waals surface area contributed by atoms with Crippen LogP contribution in [0.5, 0.6) is 0 Å². The summed E-state index contributed by atoms with van der Waals surface area (Å²) in [4.78, 5) is 16.6. The first kappa shape index (κ1) is 15.6. The van der Waals surface area contributed by atoms with E-state index in [2.05, 4.69) is 30.6 Å². The maximum atomic E-state index is 12.3. The lowest BCUT2D eigenvalue weighted by atomic mass is 10.3. The number of nitrogens with zero attached hydrogens (tertiary/aromatic N) is 2. The van der Waals surface area contributed by atoms with E-state index in [1.807, 2.05) is 0 Å². The molecule has 0 radical (unpaired) electrons. The monoisotopic (exact) mass is 374 g/mol. The number of H-pyrrole nitrogens is 1. The van der Waals surface area contributed by atoms with Crippen LogP contribution in [-0.2, 0) is 10.0 Å². The third-order valence-electron chi connectivity index (χ3n) is 2.67. The minimum absolute atomic E-state index is 0.403. The Morgan fingerprint density at radius 3 is 2.76 bits per heavy atom. The smallest absolute Gasteiger partial charge is 0.289 e. The molecule has 0 saturated carbocycles. The van der Waals surface area contributed by atoms with Crippen LogP contribution in [0, 0.1) is 10.1 Å². The number of hydrogen-bond acceptors (Lipinski definition) is 5. The highest BCUT2D eigenvalue weighted by Crippen LogP contribution is 2.28. The van der Waals surface area contributed by atoms with Gasteiger partial charge in [-0.2, -0.15) is 0 Å². The van der Waals surface area contributed by atoms with Crippen LogP contribution >= 0.6 is 15.9 Å². The topological polar surface area (TPSA) is 118 Å². The van der Waals surface area contributed by atoms with E-state index in [1.54, 1.807) is 13.1 Å². The summed E-state index contributed by atoms with van der Waals surface area (Å²) in [7, 11) is -4.07. The third-order valence-corrected chi connectivity index (χ3v) is 4.73. The number of nitrogens with one attached hydrogen (secondary N) is 2. The first-order chi connectivity index (χ1) is 9.81. The van der Waals surface area contributed by atoms with Crippen molar-refractivity contribution in [3.63, 3.8) is 0 Å². The van der Waals surface area contributed by atoms with E-state index in [-0.39, 0.29) is 0 Å². The van der Waals surface area contributed by atoms with E-state index in [1.165, 1.54) is 18.3 Å². The number of hydrogen-bond donors (Lipinski definition) is 2. The van der Waals surface area contributed by atoms with Crippen LogP contribution in [-0.4, -0.2) is 23.3 Å². The van der Waals surface area contributed by atoms with E-state index < -0.39 is 31.6 Å². The zero-order valence-electron chi connectivity index (χ0n) is 10.8. The van der Waals surface area contributed by atoms with Gasteiger partial charge in [-0.15, -0.1) is 0 Å². The molecule has 21 heavy (non-hydrogen) atoms. The maximum absolute atomic E-state index is 12.3. The highest BCUT2D eigenvalue weighted by molar-refractivity contribution is 9.10.